The van der Waals surface area contributed by atoms with Crippen molar-refractivity contribution in [2.24, 2.45) is 0 Å². The number of aryl methyl sites for hydroxylation is 2. The maximum Gasteiger partial charge on any atom is 0.194 e. The van der Waals surface area contributed by atoms with Gasteiger partial charge in [0.1, 0.15) is 0 Å². The summed E-state index contributed by atoms with van der Waals surface area (Å²) in [7, 11) is 0. The average molecular weight is 299 g/mol. The largest absolute Gasteiger partial charge is 0.289 e. The van der Waals surface area contributed by atoms with Crippen LogP contribution in [0.25, 0.3) is 0 Å². The number of benzene rings is 2. The van der Waals surface area contributed by atoms with Gasteiger partial charge in [-0.3, -0.25) is 4.79 Å². The van der Waals surface area contributed by atoms with Gasteiger partial charge in [-0.1, -0.05) is 11.6 Å². The Kier molecular flexibility index (Phi) is 3.86. The fraction of sp³-hybridized carbons (Fsp3) is 0.133. The van der Waals surface area contributed by atoms with Gasteiger partial charge in [0, 0.05) is 16.1 Å². The Morgan fingerprint density at radius 3 is 2.05 bits per heavy atom. The lowest BCUT2D eigenvalue weighted by molar-refractivity contribution is 0.103. The van der Waals surface area contributed by atoms with E-state index in [0.717, 1.165) is 0 Å². The van der Waals surface area contributed by atoms with Crippen LogP contribution in [0.1, 0.15) is 27.0 Å². The predicted octanol–water partition coefficient (Wildman–Crippen LogP) is 4.61. The van der Waals surface area contributed by atoms with Crippen LogP contribution in [0.15, 0.2) is 24.3 Å². The molecule has 0 aliphatic rings. The van der Waals surface area contributed by atoms with Crippen LogP contribution < -0.4 is 0 Å². The second-order valence-electron chi connectivity index (χ2n) is 4.50. The second kappa shape index (κ2) is 5.29. The average Bonchev–Trinajstić information content (AvgIpc) is 2.38. The first-order chi connectivity index (χ1) is 9.31. The smallest absolute Gasteiger partial charge is 0.194 e. The van der Waals surface area contributed by atoms with Crippen molar-refractivity contribution in [2.75, 3.05) is 0 Å². The van der Waals surface area contributed by atoms with E-state index >= 15 is 0 Å². The molecule has 0 saturated heterocycles. The Hall–Kier alpha value is -1.81. The van der Waals surface area contributed by atoms with Gasteiger partial charge in [0.2, 0.25) is 0 Å². The molecule has 0 radical (unpaired) electrons. The molecule has 0 heterocycles. The zero-order valence-electron chi connectivity index (χ0n) is 10.7. The molecule has 0 atom stereocenters. The van der Waals surface area contributed by atoms with Crippen molar-refractivity contribution in [1.82, 2.24) is 0 Å². The molecule has 0 unspecified atom stereocenters. The lowest BCUT2D eigenvalue weighted by atomic mass is 9.97. The number of rotatable bonds is 2. The molecule has 20 heavy (non-hydrogen) atoms. The van der Waals surface area contributed by atoms with E-state index < -0.39 is 23.2 Å². The Labute approximate surface area is 119 Å². The highest BCUT2D eigenvalue weighted by atomic mass is 35.5. The lowest BCUT2D eigenvalue weighted by Crippen LogP contribution is -2.07. The molecule has 0 bridgehead atoms. The van der Waals surface area contributed by atoms with E-state index in [0.29, 0.717) is 28.3 Å². The van der Waals surface area contributed by atoms with E-state index in [1.54, 1.807) is 26.0 Å². The van der Waals surface area contributed by atoms with Crippen molar-refractivity contribution in [2.45, 2.75) is 13.8 Å². The minimum absolute atomic E-state index is 0.244. The van der Waals surface area contributed by atoms with Gasteiger partial charge in [-0.25, -0.2) is 13.2 Å². The van der Waals surface area contributed by atoms with Gasteiger partial charge in [-0.2, -0.15) is 0 Å². The van der Waals surface area contributed by atoms with Crippen molar-refractivity contribution in [1.29, 1.82) is 0 Å². The van der Waals surface area contributed by atoms with Crippen LogP contribution in [0, 0.1) is 31.3 Å². The van der Waals surface area contributed by atoms with Crippen molar-refractivity contribution in [3.8, 4) is 0 Å². The van der Waals surface area contributed by atoms with Crippen LogP contribution in [0.5, 0.6) is 0 Å². The number of halogens is 4. The van der Waals surface area contributed by atoms with Gasteiger partial charge >= 0.3 is 0 Å². The molecule has 5 heteroatoms. The molecule has 0 aliphatic heterocycles. The topological polar surface area (TPSA) is 17.1 Å². The highest BCUT2D eigenvalue weighted by Crippen LogP contribution is 2.24. The summed E-state index contributed by atoms with van der Waals surface area (Å²) in [6.45, 7) is 3.37. The van der Waals surface area contributed by atoms with E-state index in [1.165, 1.54) is 0 Å². The summed E-state index contributed by atoms with van der Waals surface area (Å²) in [5.41, 5.74) is 1.28. The molecular weight excluding hydrogens is 289 g/mol. The minimum Gasteiger partial charge on any atom is -0.289 e. The molecule has 0 saturated carbocycles. The molecule has 104 valence electrons. The summed E-state index contributed by atoms with van der Waals surface area (Å²) in [6, 6.07) is 4.51. The fourth-order valence-corrected chi connectivity index (χ4v) is 2.09. The van der Waals surface area contributed by atoms with Gasteiger partial charge in [-0.05, 0) is 49.2 Å². The maximum absolute atomic E-state index is 13.2. The SMILES string of the molecule is Cc1cc(C(=O)c2cc(F)c(F)c(F)c2)c(C)cc1Cl. The third kappa shape index (κ3) is 2.56. The van der Waals surface area contributed by atoms with Crippen LogP contribution in [0.3, 0.4) is 0 Å². The first-order valence-electron chi connectivity index (χ1n) is 5.77. The lowest BCUT2D eigenvalue weighted by Gasteiger charge is -2.08. The summed E-state index contributed by atoms with van der Waals surface area (Å²) in [4.78, 5) is 12.2. The van der Waals surface area contributed by atoms with Crippen LogP contribution in [-0.4, -0.2) is 5.78 Å². The molecule has 0 aliphatic carbocycles. The summed E-state index contributed by atoms with van der Waals surface area (Å²) < 4.78 is 39.2. The number of ketones is 1. The molecule has 2 aromatic rings. The Morgan fingerprint density at radius 1 is 0.950 bits per heavy atom. The minimum atomic E-state index is -1.59. The van der Waals surface area contributed by atoms with Crippen molar-refractivity contribution in [3.63, 3.8) is 0 Å². The Balaban J connectivity index is 2.55. The third-order valence-corrected chi connectivity index (χ3v) is 3.40. The number of hydrogen-bond donors (Lipinski definition) is 0. The molecule has 0 aromatic heterocycles. The highest BCUT2D eigenvalue weighted by molar-refractivity contribution is 6.31. The molecular formula is C15H10ClF3O. The van der Waals surface area contributed by atoms with Gasteiger partial charge in [0.05, 0.1) is 0 Å². The molecule has 0 spiro atoms. The zero-order chi connectivity index (χ0) is 15.0. The van der Waals surface area contributed by atoms with Crippen molar-refractivity contribution in [3.05, 3.63) is 69.0 Å². The molecule has 0 fully saturated rings. The van der Waals surface area contributed by atoms with Gasteiger partial charge in [0.15, 0.2) is 23.2 Å². The highest BCUT2D eigenvalue weighted by Gasteiger charge is 2.18. The summed E-state index contributed by atoms with van der Waals surface area (Å²) in [6.07, 6.45) is 0. The van der Waals surface area contributed by atoms with Crippen LogP contribution in [0.4, 0.5) is 13.2 Å². The van der Waals surface area contributed by atoms with Crippen molar-refractivity contribution < 1.29 is 18.0 Å². The maximum atomic E-state index is 13.2. The number of carbonyl (C=O) groups excluding carboxylic acids is 1. The van der Waals surface area contributed by atoms with E-state index in [9.17, 15) is 18.0 Å². The standard InChI is InChI=1S/C15H10ClF3O/c1-7-4-11(16)8(2)3-10(7)15(20)9-5-12(17)14(19)13(18)6-9/h3-6H,1-2H3. The Bertz CT molecular complexity index is 688. The zero-order valence-corrected chi connectivity index (χ0v) is 11.5. The summed E-state index contributed by atoms with van der Waals surface area (Å²) in [5.74, 6) is -4.96. The molecule has 0 amide bonds. The summed E-state index contributed by atoms with van der Waals surface area (Å²) >= 11 is 5.93. The van der Waals surface area contributed by atoms with E-state index in [-0.39, 0.29) is 11.1 Å². The number of carbonyl (C=O) groups is 1. The van der Waals surface area contributed by atoms with Crippen LogP contribution in [0.2, 0.25) is 5.02 Å². The van der Waals surface area contributed by atoms with Gasteiger partial charge in [-0.15, -0.1) is 0 Å². The van der Waals surface area contributed by atoms with Crippen LogP contribution in [-0.2, 0) is 0 Å². The quantitative estimate of drug-likeness (QED) is 0.585. The fourth-order valence-electron chi connectivity index (χ4n) is 1.87. The summed E-state index contributed by atoms with van der Waals surface area (Å²) in [5, 5.41) is 0.496. The van der Waals surface area contributed by atoms with Crippen LogP contribution >= 0.6 is 11.6 Å². The van der Waals surface area contributed by atoms with E-state index in [2.05, 4.69) is 0 Å². The molecule has 1 nitrogen and oxygen atoms in total. The van der Waals surface area contributed by atoms with Gasteiger partial charge < -0.3 is 0 Å². The van der Waals surface area contributed by atoms with Gasteiger partial charge in [0.25, 0.3) is 0 Å². The first kappa shape index (κ1) is 14.6. The molecule has 2 rings (SSSR count). The number of hydrogen-bond acceptors (Lipinski definition) is 1. The second-order valence-corrected chi connectivity index (χ2v) is 4.91. The monoisotopic (exact) mass is 298 g/mol. The first-order valence-corrected chi connectivity index (χ1v) is 6.15. The normalized spacial score (nSPS) is 10.7. The predicted molar refractivity (Wildman–Crippen MR) is 70.7 cm³/mol. The third-order valence-electron chi connectivity index (χ3n) is 3.00. The van der Waals surface area contributed by atoms with E-state index in [1.807, 2.05) is 0 Å². The molecule has 0 N–H and O–H groups in total. The van der Waals surface area contributed by atoms with Crippen molar-refractivity contribution >= 4 is 17.4 Å². The van der Waals surface area contributed by atoms with E-state index in [4.69, 9.17) is 11.6 Å². The Morgan fingerprint density at radius 2 is 1.50 bits per heavy atom. The molecule has 2 aromatic carbocycles.